The van der Waals surface area contributed by atoms with Crippen LogP contribution in [0.15, 0.2) is 45.6 Å². The van der Waals surface area contributed by atoms with E-state index >= 15 is 0 Å². The summed E-state index contributed by atoms with van der Waals surface area (Å²) in [7, 11) is 0. The molecule has 1 heterocycles. The van der Waals surface area contributed by atoms with Crippen LogP contribution in [0.25, 0.3) is 11.6 Å². The zero-order chi connectivity index (χ0) is 13.1. The highest BCUT2D eigenvalue weighted by atomic mass is 16.4. The number of hydrogen-bond donors (Lipinski definition) is 0. The lowest BCUT2D eigenvalue weighted by molar-refractivity contribution is 0.494. The minimum absolute atomic E-state index is 0.262. The monoisotopic (exact) mass is 240 g/mol. The van der Waals surface area contributed by atoms with Crippen LogP contribution in [-0.2, 0) is 0 Å². The van der Waals surface area contributed by atoms with Crippen molar-refractivity contribution in [1.29, 1.82) is 0 Å². The molecule has 0 saturated heterocycles. The fraction of sp³-hybridized carbons (Fsp3) is 0.188. The summed E-state index contributed by atoms with van der Waals surface area (Å²) >= 11 is 0. The van der Waals surface area contributed by atoms with E-state index in [9.17, 15) is 4.79 Å². The van der Waals surface area contributed by atoms with Crippen LogP contribution < -0.4 is 5.63 Å². The molecule has 0 aliphatic rings. The molecular weight excluding hydrogens is 224 g/mol. The summed E-state index contributed by atoms with van der Waals surface area (Å²) in [4.78, 5) is 11.6. The zero-order valence-electron chi connectivity index (χ0n) is 10.9. The van der Waals surface area contributed by atoms with Gasteiger partial charge in [-0.1, -0.05) is 30.3 Å². The minimum atomic E-state index is -0.262. The van der Waals surface area contributed by atoms with Gasteiger partial charge in [-0.15, -0.1) is 0 Å². The number of benzene rings is 1. The minimum Gasteiger partial charge on any atom is -0.423 e. The van der Waals surface area contributed by atoms with Crippen LogP contribution in [0.1, 0.15) is 29.4 Å². The molecule has 0 amide bonds. The van der Waals surface area contributed by atoms with Gasteiger partial charge in [0.05, 0.1) is 0 Å². The molecule has 92 valence electrons. The van der Waals surface area contributed by atoms with Gasteiger partial charge in [0, 0.05) is 5.56 Å². The van der Waals surface area contributed by atoms with E-state index in [2.05, 4.69) is 0 Å². The van der Waals surface area contributed by atoms with Crippen molar-refractivity contribution in [3.8, 4) is 0 Å². The average molecular weight is 240 g/mol. The largest absolute Gasteiger partial charge is 0.423 e. The summed E-state index contributed by atoms with van der Waals surface area (Å²) in [6, 6.07) is 11.9. The third-order valence-electron chi connectivity index (χ3n) is 3.05. The van der Waals surface area contributed by atoms with E-state index in [-0.39, 0.29) is 5.63 Å². The second kappa shape index (κ2) is 5.05. The summed E-state index contributed by atoms with van der Waals surface area (Å²) < 4.78 is 5.25. The van der Waals surface area contributed by atoms with Gasteiger partial charge < -0.3 is 4.42 Å². The van der Waals surface area contributed by atoms with Gasteiger partial charge in [0.25, 0.3) is 0 Å². The highest BCUT2D eigenvalue weighted by molar-refractivity contribution is 5.78. The quantitative estimate of drug-likeness (QED) is 0.798. The van der Waals surface area contributed by atoms with Crippen molar-refractivity contribution in [2.45, 2.75) is 20.8 Å². The Morgan fingerprint density at radius 2 is 1.83 bits per heavy atom. The number of aryl methyl sites for hydroxylation is 1. The Balaban J connectivity index is 2.43. The fourth-order valence-electron chi connectivity index (χ4n) is 1.76. The molecule has 2 aromatic rings. The first-order chi connectivity index (χ1) is 8.58. The van der Waals surface area contributed by atoms with E-state index in [1.54, 1.807) is 6.92 Å². The molecule has 0 saturated carbocycles. The molecule has 0 atom stereocenters. The molecule has 0 spiro atoms. The van der Waals surface area contributed by atoms with Gasteiger partial charge in [0.15, 0.2) is 0 Å². The van der Waals surface area contributed by atoms with Gasteiger partial charge in [-0.25, -0.2) is 4.79 Å². The molecule has 0 bridgehead atoms. The van der Waals surface area contributed by atoms with Crippen molar-refractivity contribution >= 4 is 11.6 Å². The predicted octanol–water partition coefficient (Wildman–Crippen LogP) is 3.82. The first kappa shape index (κ1) is 12.4. The summed E-state index contributed by atoms with van der Waals surface area (Å²) in [6.45, 7) is 5.70. The molecular formula is C16H16O2. The van der Waals surface area contributed by atoms with Crippen LogP contribution in [0.2, 0.25) is 0 Å². The summed E-state index contributed by atoms with van der Waals surface area (Å²) in [5.41, 5.74) is 3.56. The molecule has 18 heavy (non-hydrogen) atoms. The van der Waals surface area contributed by atoms with Gasteiger partial charge in [0.2, 0.25) is 0 Å². The Morgan fingerprint density at radius 3 is 2.44 bits per heavy atom. The van der Waals surface area contributed by atoms with Gasteiger partial charge in [-0.3, -0.25) is 0 Å². The van der Waals surface area contributed by atoms with Crippen LogP contribution in [-0.4, -0.2) is 0 Å². The maximum atomic E-state index is 11.6. The third kappa shape index (κ3) is 2.59. The van der Waals surface area contributed by atoms with E-state index in [1.807, 2.05) is 56.3 Å². The normalized spacial score (nSPS) is 11.6. The highest BCUT2D eigenvalue weighted by Crippen LogP contribution is 2.17. The molecule has 0 aliphatic carbocycles. The molecule has 2 rings (SSSR count). The van der Waals surface area contributed by atoms with E-state index < -0.39 is 0 Å². The highest BCUT2D eigenvalue weighted by Gasteiger charge is 2.03. The molecule has 0 aliphatic heterocycles. The summed E-state index contributed by atoms with van der Waals surface area (Å²) in [5.74, 6) is 0.601. The van der Waals surface area contributed by atoms with E-state index in [0.717, 1.165) is 16.7 Å². The van der Waals surface area contributed by atoms with Crippen molar-refractivity contribution in [2.24, 2.45) is 0 Å². The van der Waals surface area contributed by atoms with E-state index in [1.165, 1.54) is 0 Å². The maximum Gasteiger partial charge on any atom is 0.339 e. The molecule has 0 fully saturated rings. The second-order valence-corrected chi connectivity index (χ2v) is 4.44. The maximum absolute atomic E-state index is 11.6. The fourth-order valence-corrected chi connectivity index (χ4v) is 1.76. The number of rotatable bonds is 2. The lowest BCUT2D eigenvalue weighted by Gasteiger charge is -2.03. The molecule has 2 heteroatoms. The molecule has 0 unspecified atom stereocenters. The van der Waals surface area contributed by atoms with Crippen LogP contribution in [0.4, 0.5) is 0 Å². The Kier molecular flexibility index (Phi) is 3.47. The van der Waals surface area contributed by atoms with E-state index in [4.69, 9.17) is 4.42 Å². The molecule has 0 radical (unpaired) electrons. The van der Waals surface area contributed by atoms with Crippen molar-refractivity contribution in [1.82, 2.24) is 0 Å². The zero-order valence-corrected chi connectivity index (χ0v) is 10.9. The topological polar surface area (TPSA) is 30.2 Å². The Hall–Kier alpha value is -2.09. The number of allylic oxidation sites excluding steroid dienone is 1. The smallest absolute Gasteiger partial charge is 0.339 e. The van der Waals surface area contributed by atoms with Crippen LogP contribution in [0.3, 0.4) is 0 Å². The van der Waals surface area contributed by atoms with Crippen molar-refractivity contribution in [3.63, 3.8) is 0 Å². The van der Waals surface area contributed by atoms with Crippen molar-refractivity contribution in [3.05, 3.63) is 69.3 Å². The second-order valence-electron chi connectivity index (χ2n) is 4.44. The predicted molar refractivity (Wildman–Crippen MR) is 74.4 cm³/mol. The molecule has 2 nitrogen and oxygen atoms in total. The van der Waals surface area contributed by atoms with E-state index in [0.29, 0.717) is 11.3 Å². The lowest BCUT2D eigenvalue weighted by atomic mass is 10.1. The van der Waals surface area contributed by atoms with Crippen molar-refractivity contribution < 1.29 is 4.42 Å². The SMILES string of the molecule is C/C(=C/c1cc(C)c(C)c(=O)o1)c1ccccc1. The first-order valence-corrected chi connectivity index (χ1v) is 5.93. The van der Waals surface area contributed by atoms with Gasteiger partial charge >= 0.3 is 5.63 Å². The van der Waals surface area contributed by atoms with Crippen LogP contribution >= 0.6 is 0 Å². The first-order valence-electron chi connectivity index (χ1n) is 5.93. The number of hydrogen-bond acceptors (Lipinski definition) is 2. The standard InChI is InChI=1S/C16H16O2/c1-11-9-15(18-16(17)13(11)3)10-12(2)14-7-5-4-6-8-14/h4-10H,1-3H3/b12-10-. The Labute approximate surface area is 107 Å². The molecule has 0 N–H and O–H groups in total. The third-order valence-corrected chi connectivity index (χ3v) is 3.05. The average Bonchev–Trinajstić information content (AvgIpc) is 2.37. The van der Waals surface area contributed by atoms with Gasteiger partial charge in [-0.2, -0.15) is 0 Å². The van der Waals surface area contributed by atoms with Gasteiger partial charge in [-0.05, 0) is 49.6 Å². The van der Waals surface area contributed by atoms with Gasteiger partial charge in [0.1, 0.15) is 5.76 Å². The summed E-state index contributed by atoms with van der Waals surface area (Å²) in [6.07, 6.45) is 1.89. The Morgan fingerprint density at radius 1 is 1.17 bits per heavy atom. The molecule has 1 aromatic carbocycles. The Bertz CT molecular complexity index is 634. The van der Waals surface area contributed by atoms with Crippen LogP contribution in [0.5, 0.6) is 0 Å². The molecule has 1 aromatic heterocycles. The van der Waals surface area contributed by atoms with Crippen LogP contribution in [0, 0.1) is 13.8 Å². The van der Waals surface area contributed by atoms with Crippen molar-refractivity contribution in [2.75, 3.05) is 0 Å². The lowest BCUT2D eigenvalue weighted by Crippen LogP contribution is -2.05. The summed E-state index contributed by atoms with van der Waals surface area (Å²) in [5, 5.41) is 0.